The van der Waals surface area contributed by atoms with Gasteiger partial charge in [-0.2, -0.15) is 0 Å². The number of carbonyl (C=O) groups excluding carboxylic acids is 1. The SMILES string of the molecule is O=C1c2ccc(-c3cccs3)cc2CCN1CCCCCl. The lowest BCUT2D eigenvalue weighted by atomic mass is 9.96. The molecule has 0 N–H and O–H groups in total. The molecular formula is C17H18ClNOS. The summed E-state index contributed by atoms with van der Waals surface area (Å²) in [5.74, 6) is 0.839. The summed E-state index contributed by atoms with van der Waals surface area (Å²) in [4.78, 5) is 15.7. The van der Waals surface area contributed by atoms with Gasteiger partial charge in [-0.1, -0.05) is 12.1 Å². The molecule has 0 bridgehead atoms. The lowest BCUT2D eigenvalue weighted by Gasteiger charge is -2.28. The van der Waals surface area contributed by atoms with E-state index >= 15 is 0 Å². The molecule has 1 aliphatic heterocycles. The zero-order chi connectivity index (χ0) is 14.7. The number of unbranched alkanes of at least 4 members (excludes halogenated alkanes) is 1. The van der Waals surface area contributed by atoms with E-state index < -0.39 is 0 Å². The standard InChI is InChI=1S/C17H18ClNOS/c18-8-1-2-9-19-10-7-13-12-14(16-4-3-11-21-16)5-6-15(13)17(19)20/h3-6,11-12H,1-2,7-10H2. The zero-order valence-corrected chi connectivity index (χ0v) is 13.4. The van der Waals surface area contributed by atoms with Crippen LogP contribution in [0.15, 0.2) is 35.7 Å². The van der Waals surface area contributed by atoms with Crippen LogP contribution in [0, 0.1) is 0 Å². The van der Waals surface area contributed by atoms with E-state index in [4.69, 9.17) is 11.6 Å². The highest BCUT2D eigenvalue weighted by Gasteiger charge is 2.24. The van der Waals surface area contributed by atoms with Crippen molar-refractivity contribution in [3.8, 4) is 10.4 Å². The first-order chi connectivity index (χ1) is 10.3. The summed E-state index contributed by atoms with van der Waals surface area (Å²) in [6.07, 6.45) is 2.90. The third kappa shape index (κ3) is 3.14. The number of hydrogen-bond donors (Lipinski definition) is 0. The topological polar surface area (TPSA) is 20.3 Å². The Bertz CT molecular complexity index is 624. The van der Waals surface area contributed by atoms with Crippen LogP contribution in [-0.2, 0) is 6.42 Å². The third-order valence-electron chi connectivity index (χ3n) is 3.89. The van der Waals surface area contributed by atoms with Gasteiger partial charge in [0.2, 0.25) is 0 Å². The Morgan fingerprint density at radius 2 is 2.14 bits per heavy atom. The molecule has 3 rings (SSSR count). The number of alkyl halides is 1. The molecule has 0 spiro atoms. The molecule has 0 saturated carbocycles. The number of carbonyl (C=O) groups is 1. The minimum absolute atomic E-state index is 0.170. The van der Waals surface area contributed by atoms with Crippen molar-refractivity contribution >= 4 is 28.8 Å². The predicted octanol–water partition coefficient (Wildman–Crippen LogP) is 4.43. The first-order valence-electron chi connectivity index (χ1n) is 7.31. The second-order valence-electron chi connectivity index (χ2n) is 5.29. The van der Waals surface area contributed by atoms with Gasteiger partial charge in [-0.15, -0.1) is 22.9 Å². The van der Waals surface area contributed by atoms with Gasteiger partial charge < -0.3 is 4.90 Å². The Balaban J connectivity index is 1.78. The van der Waals surface area contributed by atoms with Crippen LogP contribution in [0.5, 0.6) is 0 Å². The number of hydrogen-bond acceptors (Lipinski definition) is 2. The van der Waals surface area contributed by atoms with E-state index in [-0.39, 0.29) is 5.91 Å². The molecule has 2 nitrogen and oxygen atoms in total. The number of nitrogens with zero attached hydrogens (tertiary/aromatic N) is 1. The molecule has 1 aromatic heterocycles. The first-order valence-corrected chi connectivity index (χ1v) is 8.73. The van der Waals surface area contributed by atoms with Gasteiger partial charge in [-0.3, -0.25) is 4.79 Å². The molecule has 2 aromatic rings. The van der Waals surface area contributed by atoms with Crippen molar-refractivity contribution in [2.24, 2.45) is 0 Å². The summed E-state index contributed by atoms with van der Waals surface area (Å²) >= 11 is 7.43. The van der Waals surface area contributed by atoms with Gasteiger partial charge in [-0.25, -0.2) is 0 Å². The molecule has 0 fully saturated rings. The lowest BCUT2D eigenvalue weighted by Crippen LogP contribution is -2.38. The zero-order valence-electron chi connectivity index (χ0n) is 11.8. The van der Waals surface area contributed by atoms with Crippen LogP contribution in [0.3, 0.4) is 0 Å². The fraction of sp³-hybridized carbons (Fsp3) is 0.353. The number of halogens is 1. The van der Waals surface area contributed by atoms with Crippen molar-refractivity contribution in [2.75, 3.05) is 19.0 Å². The highest BCUT2D eigenvalue weighted by atomic mass is 35.5. The molecule has 0 unspecified atom stereocenters. The third-order valence-corrected chi connectivity index (χ3v) is 5.08. The van der Waals surface area contributed by atoms with E-state index in [9.17, 15) is 4.79 Å². The largest absolute Gasteiger partial charge is 0.338 e. The Labute approximate surface area is 134 Å². The average molecular weight is 320 g/mol. The Kier molecular flexibility index (Phi) is 4.61. The minimum atomic E-state index is 0.170. The molecule has 21 heavy (non-hydrogen) atoms. The van der Waals surface area contributed by atoms with E-state index in [2.05, 4.69) is 29.6 Å². The second-order valence-corrected chi connectivity index (χ2v) is 6.61. The molecule has 110 valence electrons. The van der Waals surface area contributed by atoms with Gasteiger partial charge in [0.05, 0.1) is 0 Å². The molecule has 0 radical (unpaired) electrons. The highest BCUT2D eigenvalue weighted by molar-refractivity contribution is 7.13. The molecular weight excluding hydrogens is 302 g/mol. The van der Waals surface area contributed by atoms with Crippen molar-refractivity contribution in [1.29, 1.82) is 0 Å². The number of amides is 1. The summed E-state index contributed by atoms with van der Waals surface area (Å²) in [7, 11) is 0. The molecule has 0 atom stereocenters. The summed E-state index contributed by atoms with van der Waals surface area (Å²) in [5, 5.41) is 2.08. The number of benzene rings is 1. The summed E-state index contributed by atoms with van der Waals surface area (Å²) in [5.41, 5.74) is 3.26. The van der Waals surface area contributed by atoms with Crippen LogP contribution in [0.2, 0.25) is 0 Å². The Morgan fingerprint density at radius 3 is 2.90 bits per heavy atom. The van der Waals surface area contributed by atoms with Crippen LogP contribution in [0.4, 0.5) is 0 Å². The van der Waals surface area contributed by atoms with Crippen LogP contribution in [0.25, 0.3) is 10.4 Å². The summed E-state index contributed by atoms with van der Waals surface area (Å²) in [6, 6.07) is 10.4. The Morgan fingerprint density at radius 1 is 1.24 bits per heavy atom. The van der Waals surface area contributed by atoms with Crippen LogP contribution < -0.4 is 0 Å². The maximum absolute atomic E-state index is 12.5. The average Bonchev–Trinajstić information content (AvgIpc) is 3.04. The molecule has 1 aliphatic rings. The first kappa shape index (κ1) is 14.6. The molecule has 0 aliphatic carbocycles. The van der Waals surface area contributed by atoms with E-state index in [0.717, 1.165) is 37.9 Å². The quantitative estimate of drug-likeness (QED) is 0.589. The van der Waals surface area contributed by atoms with E-state index in [0.29, 0.717) is 5.88 Å². The highest BCUT2D eigenvalue weighted by Crippen LogP contribution is 2.29. The van der Waals surface area contributed by atoms with Crippen molar-refractivity contribution in [2.45, 2.75) is 19.3 Å². The van der Waals surface area contributed by atoms with E-state index in [1.165, 1.54) is 16.0 Å². The van der Waals surface area contributed by atoms with Gasteiger partial charge in [-0.05, 0) is 54.0 Å². The predicted molar refractivity (Wildman–Crippen MR) is 89.3 cm³/mol. The maximum atomic E-state index is 12.5. The van der Waals surface area contributed by atoms with Gasteiger partial charge >= 0.3 is 0 Å². The van der Waals surface area contributed by atoms with Gasteiger partial charge in [0.15, 0.2) is 0 Å². The van der Waals surface area contributed by atoms with Gasteiger partial charge in [0.25, 0.3) is 5.91 Å². The molecule has 2 heterocycles. The minimum Gasteiger partial charge on any atom is -0.338 e. The number of rotatable bonds is 5. The lowest BCUT2D eigenvalue weighted by molar-refractivity contribution is 0.0737. The summed E-state index contributed by atoms with van der Waals surface area (Å²) in [6.45, 7) is 1.64. The molecule has 4 heteroatoms. The number of thiophene rings is 1. The number of fused-ring (bicyclic) bond motifs is 1. The van der Waals surface area contributed by atoms with Crippen molar-refractivity contribution in [3.05, 3.63) is 46.8 Å². The van der Waals surface area contributed by atoms with Crippen molar-refractivity contribution in [3.63, 3.8) is 0 Å². The fourth-order valence-corrected chi connectivity index (χ4v) is 3.66. The molecule has 0 saturated heterocycles. The van der Waals surface area contributed by atoms with E-state index in [1.54, 1.807) is 11.3 Å². The molecule has 1 amide bonds. The summed E-state index contributed by atoms with van der Waals surface area (Å²) < 4.78 is 0. The van der Waals surface area contributed by atoms with Gasteiger partial charge in [0.1, 0.15) is 0 Å². The van der Waals surface area contributed by atoms with Gasteiger partial charge in [0, 0.05) is 29.4 Å². The van der Waals surface area contributed by atoms with E-state index in [1.807, 2.05) is 11.0 Å². The van der Waals surface area contributed by atoms with Crippen LogP contribution in [-0.4, -0.2) is 29.8 Å². The fourth-order valence-electron chi connectivity index (χ4n) is 2.74. The monoisotopic (exact) mass is 319 g/mol. The maximum Gasteiger partial charge on any atom is 0.254 e. The van der Waals surface area contributed by atoms with Crippen LogP contribution >= 0.6 is 22.9 Å². The molecule has 1 aromatic carbocycles. The van der Waals surface area contributed by atoms with Crippen molar-refractivity contribution < 1.29 is 4.79 Å². The van der Waals surface area contributed by atoms with Crippen molar-refractivity contribution in [1.82, 2.24) is 4.90 Å². The second kappa shape index (κ2) is 6.63. The smallest absolute Gasteiger partial charge is 0.254 e. The van der Waals surface area contributed by atoms with Crippen LogP contribution in [0.1, 0.15) is 28.8 Å². The Hall–Kier alpha value is -1.32. The normalized spacial score (nSPS) is 14.3.